The SMILES string of the molecule is COCCOCCn1ccc2ccc(CCN)cc21. The third kappa shape index (κ3) is 3.80. The molecule has 4 nitrogen and oxygen atoms in total. The summed E-state index contributed by atoms with van der Waals surface area (Å²) in [6, 6.07) is 8.66. The van der Waals surface area contributed by atoms with Crippen molar-refractivity contribution >= 4 is 10.9 Å². The van der Waals surface area contributed by atoms with Gasteiger partial charge in [-0.05, 0) is 36.0 Å². The Balaban J connectivity index is 1.99. The Hall–Kier alpha value is -1.36. The van der Waals surface area contributed by atoms with Gasteiger partial charge in [0.1, 0.15) is 0 Å². The summed E-state index contributed by atoms with van der Waals surface area (Å²) in [6.07, 6.45) is 3.03. The van der Waals surface area contributed by atoms with Gasteiger partial charge >= 0.3 is 0 Å². The van der Waals surface area contributed by atoms with Crippen LogP contribution >= 0.6 is 0 Å². The second-order valence-corrected chi connectivity index (χ2v) is 4.55. The minimum atomic E-state index is 0.646. The number of hydrogen-bond donors (Lipinski definition) is 1. The lowest BCUT2D eigenvalue weighted by molar-refractivity contribution is 0.0670. The van der Waals surface area contributed by atoms with E-state index in [1.807, 2.05) is 0 Å². The first kappa shape index (κ1) is 14.1. The van der Waals surface area contributed by atoms with Crippen LogP contribution in [-0.2, 0) is 22.4 Å². The van der Waals surface area contributed by atoms with Gasteiger partial charge < -0.3 is 19.8 Å². The quantitative estimate of drug-likeness (QED) is 0.738. The Bertz CT molecular complexity index is 508. The Kier molecular flexibility index (Phi) is 5.39. The van der Waals surface area contributed by atoms with Crippen LogP contribution in [0.5, 0.6) is 0 Å². The average Bonchev–Trinajstić information content (AvgIpc) is 2.82. The number of ether oxygens (including phenoxy) is 2. The third-order valence-electron chi connectivity index (χ3n) is 3.18. The molecule has 0 aliphatic carbocycles. The van der Waals surface area contributed by atoms with Gasteiger partial charge in [0.15, 0.2) is 0 Å². The molecule has 0 amide bonds. The first-order valence-corrected chi connectivity index (χ1v) is 6.69. The highest BCUT2D eigenvalue weighted by Gasteiger charge is 2.02. The summed E-state index contributed by atoms with van der Waals surface area (Å²) >= 11 is 0. The summed E-state index contributed by atoms with van der Waals surface area (Å²) in [5, 5.41) is 1.26. The van der Waals surface area contributed by atoms with Gasteiger partial charge in [0, 0.05) is 25.4 Å². The predicted octanol–water partition coefficient (Wildman–Crippen LogP) is 1.81. The summed E-state index contributed by atoms with van der Waals surface area (Å²) in [5.41, 5.74) is 8.14. The van der Waals surface area contributed by atoms with Crippen LogP contribution in [0.3, 0.4) is 0 Å². The van der Waals surface area contributed by atoms with Crippen LogP contribution in [0.1, 0.15) is 5.56 Å². The van der Waals surface area contributed by atoms with E-state index >= 15 is 0 Å². The average molecular weight is 262 g/mol. The molecular formula is C15H22N2O2. The highest BCUT2D eigenvalue weighted by molar-refractivity contribution is 5.80. The number of nitrogens with two attached hydrogens (primary N) is 1. The maximum Gasteiger partial charge on any atom is 0.0701 e. The molecule has 0 fully saturated rings. The van der Waals surface area contributed by atoms with Gasteiger partial charge in [-0.3, -0.25) is 0 Å². The molecule has 0 unspecified atom stereocenters. The van der Waals surface area contributed by atoms with E-state index in [-0.39, 0.29) is 0 Å². The Labute approximate surface area is 114 Å². The Morgan fingerprint density at radius 3 is 2.84 bits per heavy atom. The van der Waals surface area contributed by atoms with Gasteiger partial charge in [-0.2, -0.15) is 0 Å². The number of aromatic nitrogens is 1. The lowest BCUT2D eigenvalue weighted by Gasteiger charge is -2.07. The van der Waals surface area contributed by atoms with Gasteiger partial charge in [-0.1, -0.05) is 12.1 Å². The predicted molar refractivity (Wildman–Crippen MR) is 77.4 cm³/mol. The highest BCUT2D eigenvalue weighted by Crippen LogP contribution is 2.18. The molecule has 1 heterocycles. The number of nitrogens with zero attached hydrogens (tertiary/aromatic N) is 1. The van der Waals surface area contributed by atoms with Gasteiger partial charge in [0.25, 0.3) is 0 Å². The van der Waals surface area contributed by atoms with E-state index in [4.69, 9.17) is 15.2 Å². The molecule has 2 N–H and O–H groups in total. The Morgan fingerprint density at radius 1 is 1.16 bits per heavy atom. The second kappa shape index (κ2) is 7.28. The molecule has 0 radical (unpaired) electrons. The van der Waals surface area contributed by atoms with Gasteiger partial charge in [0.2, 0.25) is 0 Å². The van der Waals surface area contributed by atoms with Crippen molar-refractivity contribution in [3.05, 3.63) is 36.0 Å². The maximum absolute atomic E-state index is 5.61. The van der Waals surface area contributed by atoms with Gasteiger partial charge in [-0.15, -0.1) is 0 Å². The van der Waals surface area contributed by atoms with E-state index in [0.29, 0.717) is 26.4 Å². The van der Waals surface area contributed by atoms with Crippen LogP contribution in [0.2, 0.25) is 0 Å². The van der Waals surface area contributed by atoms with E-state index < -0.39 is 0 Å². The van der Waals surface area contributed by atoms with Crippen molar-refractivity contribution in [3.8, 4) is 0 Å². The van der Waals surface area contributed by atoms with Crippen LogP contribution in [0.25, 0.3) is 10.9 Å². The second-order valence-electron chi connectivity index (χ2n) is 4.55. The zero-order valence-corrected chi connectivity index (χ0v) is 11.5. The molecule has 2 aromatic rings. The maximum atomic E-state index is 5.61. The molecule has 2 rings (SSSR count). The lowest BCUT2D eigenvalue weighted by Crippen LogP contribution is -2.08. The van der Waals surface area contributed by atoms with E-state index in [1.165, 1.54) is 16.5 Å². The molecule has 0 aliphatic rings. The third-order valence-corrected chi connectivity index (χ3v) is 3.18. The standard InChI is InChI=1S/C15H22N2O2/c1-18-10-11-19-9-8-17-7-5-14-3-2-13(4-6-16)12-15(14)17/h2-3,5,7,12H,4,6,8-11,16H2,1H3. The fourth-order valence-electron chi connectivity index (χ4n) is 2.15. The van der Waals surface area contributed by atoms with Gasteiger partial charge in [0.05, 0.1) is 19.8 Å². The lowest BCUT2D eigenvalue weighted by atomic mass is 10.1. The van der Waals surface area contributed by atoms with Crippen LogP contribution in [0, 0.1) is 0 Å². The molecule has 0 bridgehead atoms. The molecule has 0 saturated carbocycles. The van der Waals surface area contributed by atoms with Crippen molar-refractivity contribution in [2.45, 2.75) is 13.0 Å². The zero-order valence-electron chi connectivity index (χ0n) is 11.5. The summed E-state index contributed by atoms with van der Waals surface area (Å²) in [4.78, 5) is 0. The molecule has 0 saturated heterocycles. The molecule has 1 aromatic carbocycles. The van der Waals surface area contributed by atoms with E-state index in [9.17, 15) is 0 Å². The zero-order chi connectivity index (χ0) is 13.5. The molecule has 0 aliphatic heterocycles. The van der Waals surface area contributed by atoms with Crippen LogP contribution in [-0.4, -0.2) is 38.0 Å². The van der Waals surface area contributed by atoms with E-state index in [2.05, 4.69) is 35.0 Å². The Morgan fingerprint density at radius 2 is 2.05 bits per heavy atom. The van der Waals surface area contributed by atoms with Crippen molar-refractivity contribution in [3.63, 3.8) is 0 Å². The molecule has 19 heavy (non-hydrogen) atoms. The smallest absolute Gasteiger partial charge is 0.0701 e. The number of fused-ring (bicyclic) bond motifs is 1. The summed E-state index contributed by atoms with van der Waals surface area (Å²) in [6.45, 7) is 3.54. The minimum Gasteiger partial charge on any atom is -0.382 e. The van der Waals surface area contributed by atoms with Crippen molar-refractivity contribution in [2.75, 3.05) is 33.5 Å². The van der Waals surface area contributed by atoms with Crippen molar-refractivity contribution in [1.82, 2.24) is 4.57 Å². The van der Waals surface area contributed by atoms with E-state index in [1.54, 1.807) is 7.11 Å². The number of rotatable bonds is 8. The summed E-state index contributed by atoms with van der Waals surface area (Å²) < 4.78 is 12.7. The fourth-order valence-corrected chi connectivity index (χ4v) is 2.15. The first-order chi connectivity index (χ1) is 9.35. The number of benzene rings is 1. The summed E-state index contributed by atoms with van der Waals surface area (Å²) in [5.74, 6) is 0. The van der Waals surface area contributed by atoms with Crippen LogP contribution < -0.4 is 5.73 Å². The molecule has 0 spiro atoms. The highest BCUT2D eigenvalue weighted by atomic mass is 16.5. The molecule has 0 atom stereocenters. The van der Waals surface area contributed by atoms with Crippen molar-refractivity contribution < 1.29 is 9.47 Å². The minimum absolute atomic E-state index is 0.646. The largest absolute Gasteiger partial charge is 0.382 e. The van der Waals surface area contributed by atoms with Crippen LogP contribution in [0.15, 0.2) is 30.5 Å². The molecule has 1 aromatic heterocycles. The molecular weight excluding hydrogens is 240 g/mol. The monoisotopic (exact) mass is 262 g/mol. The topological polar surface area (TPSA) is 49.4 Å². The van der Waals surface area contributed by atoms with Crippen LogP contribution in [0.4, 0.5) is 0 Å². The molecule has 104 valence electrons. The number of hydrogen-bond acceptors (Lipinski definition) is 3. The summed E-state index contributed by atoms with van der Waals surface area (Å²) in [7, 11) is 1.68. The van der Waals surface area contributed by atoms with Gasteiger partial charge in [-0.25, -0.2) is 0 Å². The fraction of sp³-hybridized carbons (Fsp3) is 0.467. The normalized spacial score (nSPS) is 11.3. The number of methoxy groups -OCH3 is 1. The van der Waals surface area contributed by atoms with Crippen molar-refractivity contribution in [2.24, 2.45) is 5.73 Å². The first-order valence-electron chi connectivity index (χ1n) is 6.69. The van der Waals surface area contributed by atoms with E-state index in [0.717, 1.165) is 13.0 Å². The molecule has 4 heteroatoms. The van der Waals surface area contributed by atoms with Crippen molar-refractivity contribution in [1.29, 1.82) is 0 Å².